The third kappa shape index (κ3) is 5.92. The largest absolute Gasteiger partial charge is 0.490 e. The van der Waals surface area contributed by atoms with Crippen LogP contribution in [0, 0.1) is 0 Å². The summed E-state index contributed by atoms with van der Waals surface area (Å²) in [4.78, 5) is 44.3. The predicted molar refractivity (Wildman–Crippen MR) is 119 cm³/mol. The van der Waals surface area contributed by atoms with Gasteiger partial charge in [-0.3, -0.25) is 9.09 Å². The van der Waals surface area contributed by atoms with Gasteiger partial charge in [-0.05, 0) is 18.2 Å². The van der Waals surface area contributed by atoms with Crippen LogP contribution in [0.25, 0.3) is 21.9 Å². The molecule has 3 aromatic rings. The molecule has 16 nitrogen and oxygen atoms in total. The number of aliphatic hydroxyl groups is 1. The van der Waals surface area contributed by atoms with Crippen LogP contribution in [0.4, 0.5) is 5.82 Å². The highest BCUT2D eigenvalue weighted by atomic mass is 35.5. The number of benzene rings is 1. The maximum absolute atomic E-state index is 12.0. The van der Waals surface area contributed by atoms with Crippen molar-refractivity contribution in [3.63, 3.8) is 0 Å². The van der Waals surface area contributed by atoms with Crippen LogP contribution < -0.4 is 5.73 Å². The Morgan fingerprint density at radius 2 is 1.86 bits per heavy atom. The number of anilines is 1. The van der Waals surface area contributed by atoms with Gasteiger partial charge in [0.25, 0.3) is 0 Å². The van der Waals surface area contributed by atoms with Crippen molar-refractivity contribution in [2.24, 2.45) is 0 Å². The van der Waals surface area contributed by atoms with Gasteiger partial charge in [-0.2, -0.15) is 8.62 Å². The van der Waals surface area contributed by atoms with Crippen molar-refractivity contribution >= 4 is 62.8 Å². The number of rotatable bonds is 8. The molecule has 0 saturated carbocycles. The Morgan fingerprint density at radius 3 is 2.54 bits per heavy atom. The van der Waals surface area contributed by atoms with E-state index in [1.807, 2.05) is 0 Å². The number of aromatic nitrogens is 3. The van der Waals surface area contributed by atoms with Gasteiger partial charge in [-0.1, -0.05) is 11.6 Å². The first-order chi connectivity index (χ1) is 16.2. The molecule has 5 atom stereocenters. The molecule has 0 bridgehead atoms. The summed E-state index contributed by atoms with van der Waals surface area (Å²) in [7, 11) is -16.6. The third-order valence-corrected chi connectivity index (χ3v) is 8.92. The van der Waals surface area contributed by atoms with Crippen molar-refractivity contribution in [2.75, 3.05) is 12.3 Å². The van der Waals surface area contributed by atoms with Gasteiger partial charge >= 0.3 is 23.5 Å². The number of nitrogen functional groups attached to an aromatic ring is 1. The topological polar surface area (TPSA) is 246 Å². The van der Waals surface area contributed by atoms with Crippen LogP contribution in [0.2, 0.25) is 5.02 Å². The molecule has 1 fully saturated rings. The summed E-state index contributed by atoms with van der Waals surface area (Å²) in [5.74, 6) is 0.184. The first kappa shape index (κ1) is 26.6. The zero-order valence-corrected chi connectivity index (χ0v) is 20.6. The Labute approximate surface area is 200 Å². The second kappa shape index (κ2) is 9.43. The zero-order valence-electron chi connectivity index (χ0n) is 17.2. The number of hydrogen-bond donors (Lipinski definition) is 6. The van der Waals surface area contributed by atoms with Crippen molar-refractivity contribution in [3.05, 3.63) is 29.5 Å². The molecule has 0 amide bonds. The Hall–Kier alpha value is -1.48. The van der Waals surface area contributed by atoms with Gasteiger partial charge in [0.1, 0.15) is 30.1 Å². The van der Waals surface area contributed by atoms with Gasteiger partial charge in [0.05, 0.1) is 23.6 Å². The first-order valence-corrected chi connectivity index (χ1v) is 14.4. The van der Waals surface area contributed by atoms with Crippen LogP contribution in [0.15, 0.2) is 24.5 Å². The molecule has 35 heavy (non-hydrogen) atoms. The molecule has 0 aliphatic carbocycles. The number of nitrogens with two attached hydrogens (primary N) is 1. The molecule has 1 aromatic carbocycles. The Balaban J connectivity index is 1.54. The van der Waals surface area contributed by atoms with Gasteiger partial charge in [-0.15, -0.1) is 0 Å². The Bertz CT molecular complexity index is 1430. The van der Waals surface area contributed by atoms with E-state index in [2.05, 4.69) is 23.1 Å². The van der Waals surface area contributed by atoms with Crippen LogP contribution in [-0.4, -0.2) is 58.0 Å². The zero-order chi connectivity index (χ0) is 25.8. The minimum absolute atomic E-state index is 0.0180. The molecule has 2 unspecified atom stereocenters. The van der Waals surface area contributed by atoms with Gasteiger partial charge in [0.15, 0.2) is 0 Å². The second-order valence-corrected chi connectivity index (χ2v) is 12.2. The molecule has 7 N–H and O–H groups in total. The van der Waals surface area contributed by atoms with E-state index in [0.29, 0.717) is 27.0 Å². The summed E-state index contributed by atoms with van der Waals surface area (Å²) in [6, 6.07) is 4.97. The molecule has 1 aliphatic rings. The van der Waals surface area contributed by atoms with Crippen LogP contribution >= 0.6 is 35.1 Å². The molecule has 20 heteroatoms. The fraction of sp³-hybridized carbons (Fsp3) is 0.333. The molecule has 4 rings (SSSR count). The van der Waals surface area contributed by atoms with E-state index in [1.54, 1.807) is 22.8 Å². The summed E-state index contributed by atoms with van der Waals surface area (Å²) < 4.78 is 53.4. The number of aliphatic hydroxyl groups excluding tert-OH is 1. The lowest BCUT2D eigenvalue weighted by Gasteiger charge is -2.19. The van der Waals surface area contributed by atoms with Gasteiger partial charge in [0, 0.05) is 16.8 Å². The van der Waals surface area contributed by atoms with Gasteiger partial charge in [0.2, 0.25) is 0 Å². The van der Waals surface area contributed by atoms with Crippen LogP contribution in [0.1, 0.15) is 12.6 Å². The number of phosphoric acid groups is 3. The monoisotopic (exact) mass is 574 g/mol. The maximum atomic E-state index is 12.0. The predicted octanol–water partition coefficient (Wildman–Crippen LogP) is 1.81. The second-order valence-electron chi connectivity index (χ2n) is 7.31. The number of hydrogen-bond acceptors (Lipinski definition) is 11. The van der Waals surface area contributed by atoms with Crippen LogP contribution in [0.5, 0.6) is 0 Å². The highest BCUT2D eigenvalue weighted by Crippen LogP contribution is 2.66. The highest BCUT2D eigenvalue weighted by molar-refractivity contribution is 7.66. The molecular formula is C15H18ClN4O12P3. The lowest BCUT2D eigenvalue weighted by atomic mass is 10.2. The molecular weight excluding hydrogens is 557 g/mol. The normalized spacial score (nSPS) is 24.6. The van der Waals surface area contributed by atoms with Crippen LogP contribution in [0.3, 0.4) is 0 Å². The number of fused-ring (bicyclic) bond motifs is 3. The summed E-state index contributed by atoms with van der Waals surface area (Å²) in [6.45, 7) is -0.804. The fourth-order valence-corrected chi connectivity index (χ4v) is 6.85. The van der Waals surface area contributed by atoms with Crippen molar-refractivity contribution in [1.29, 1.82) is 0 Å². The van der Waals surface area contributed by atoms with Crippen molar-refractivity contribution in [3.8, 4) is 0 Å². The fourth-order valence-electron chi connectivity index (χ4n) is 3.65. The van der Waals surface area contributed by atoms with Crippen molar-refractivity contribution < 1.29 is 56.3 Å². The van der Waals surface area contributed by atoms with E-state index in [-0.39, 0.29) is 12.2 Å². The smallest absolute Gasteiger partial charge is 0.390 e. The first-order valence-electron chi connectivity index (χ1n) is 9.47. The molecule has 1 aliphatic heterocycles. The maximum Gasteiger partial charge on any atom is 0.490 e. The number of ether oxygens (including phenoxy) is 1. The molecule has 1 saturated heterocycles. The van der Waals surface area contributed by atoms with Gasteiger partial charge < -0.3 is 35.2 Å². The minimum Gasteiger partial charge on any atom is -0.390 e. The van der Waals surface area contributed by atoms with E-state index in [4.69, 9.17) is 31.9 Å². The molecule has 0 radical (unpaired) electrons. The highest BCUT2D eigenvalue weighted by Gasteiger charge is 2.43. The third-order valence-electron chi connectivity index (χ3n) is 4.88. The quantitative estimate of drug-likeness (QED) is 0.210. The van der Waals surface area contributed by atoms with Crippen LogP contribution in [-0.2, 0) is 31.6 Å². The molecule has 3 heterocycles. The SMILES string of the molecule is Nc1ncnc2c1c1cc(Cl)ccc1n2[C@H]1C[C@H](O)[C@@H](COP(=O)(O)OP(=O)(O)OP(=O)(O)O)O1. The number of phosphoric ester groups is 1. The van der Waals surface area contributed by atoms with Crippen molar-refractivity contribution in [2.45, 2.75) is 24.9 Å². The molecule has 192 valence electrons. The number of nitrogens with zero attached hydrogens (tertiary/aromatic N) is 3. The number of halogens is 1. The lowest BCUT2D eigenvalue weighted by molar-refractivity contribution is -0.0409. The summed E-state index contributed by atoms with van der Waals surface area (Å²) in [5.41, 5.74) is 7.01. The standard InChI is InChI=1S/C15H18ClN4O12P3/c16-7-1-2-9-8(3-7)13-14(17)18-6-19-15(13)20(9)12-4-10(21)11(30-12)5-29-34(25,26)32-35(27,28)31-33(22,23)24/h1-3,6,10-12,21H,4-5H2,(H,25,26)(H,27,28)(H2,17,18,19)(H2,22,23,24)/t10-,11+,12+/m0/s1. The van der Waals surface area contributed by atoms with E-state index in [0.717, 1.165) is 0 Å². The summed E-state index contributed by atoms with van der Waals surface area (Å²) in [6.07, 6.45) is -2.08. The average Bonchev–Trinajstić information content (AvgIpc) is 3.21. The Morgan fingerprint density at radius 1 is 1.14 bits per heavy atom. The Kier molecular flexibility index (Phi) is 7.16. The lowest BCUT2D eigenvalue weighted by Crippen LogP contribution is -2.26. The van der Waals surface area contributed by atoms with E-state index in [9.17, 15) is 28.6 Å². The van der Waals surface area contributed by atoms with Crippen molar-refractivity contribution in [1.82, 2.24) is 14.5 Å². The molecule has 2 aromatic heterocycles. The molecule has 0 spiro atoms. The minimum atomic E-state index is -5.67. The van der Waals surface area contributed by atoms with Gasteiger partial charge in [-0.25, -0.2) is 23.7 Å². The van der Waals surface area contributed by atoms with E-state index >= 15 is 0 Å². The van der Waals surface area contributed by atoms with E-state index < -0.39 is 48.5 Å². The summed E-state index contributed by atoms with van der Waals surface area (Å²) in [5, 5.41) is 12.0. The summed E-state index contributed by atoms with van der Waals surface area (Å²) >= 11 is 6.12. The van der Waals surface area contributed by atoms with E-state index in [1.165, 1.54) is 6.33 Å². The average molecular weight is 575 g/mol.